The van der Waals surface area contributed by atoms with Gasteiger partial charge in [-0.1, -0.05) is 0 Å². The normalized spacial score (nSPS) is 21.8. The molecule has 0 amide bonds. The molecule has 1 aliphatic carbocycles. The van der Waals surface area contributed by atoms with Crippen molar-refractivity contribution in [1.29, 1.82) is 0 Å². The zero-order valence-electron chi connectivity index (χ0n) is 10.3. The number of pyridine rings is 1. The fraction of sp³-hybridized carbons (Fsp3) is 0.615. The van der Waals surface area contributed by atoms with Crippen molar-refractivity contribution in [3.05, 3.63) is 29.8 Å². The van der Waals surface area contributed by atoms with Crippen molar-refractivity contribution in [3.63, 3.8) is 0 Å². The molecular formula is C13H17F3N2. The van der Waals surface area contributed by atoms with Gasteiger partial charge >= 0.3 is 0 Å². The van der Waals surface area contributed by atoms with Gasteiger partial charge in [0.25, 0.3) is 0 Å². The molecule has 1 aromatic heterocycles. The second-order valence-electron chi connectivity index (χ2n) is 4.90. The average Bonchev–Trinajstić information content (AvgIpc) is 2.32. The first kappa shape index (κ1) is 13.3. The number of hydrogen-bond acceptors (Lipinski definition) is 2. The fourth-order valence-electron chi connectivity index (χ4n) is 2.67. The zero-order chi connectivity index (χ0) is 13.2. The van der Waals surface area contributed by atoms with Gasteiger partial charge in [-0.3, -0.25) is 4.98 Å². The molecule has 0 radical (unpaired) electrons. The van der Waals surface area contributed by atoms with E-state index < -0.39 is 11.7 Å². The number of hydrogen-bond donors (Lipinski definition) is 1. The van der Waals surface area contributed by atoms with Crippen LogP contribution in [0.4, 0.5) is 13.2 Å². The van der Waals surface area contributed by atoms with E-state index in [4.69, 9.17) is 0 Å². The van der Waals surface area contributed by atoms with Crippen LogP contribution in [0.5, 0.6) is 0 Å². The molecule has 1 aliphatic rings. The molecule has 18 heavy (non-hydrogen) atoms. The minimum atomic E-state index is -2.53. The van der Waals surface area contributed by atoms with Crippen molar-refractivity contribution in [2.45, 2.75) is 37.6 Å². The molecule has 0 aromatic carbocycles. The standard InChI is InChI=1S/C13H17F3N2/c1-17-12(10-6-11(14)8-18-7-10)9-2-4-13(15,16)5-3-9/h6-9,12,17H,2-5H2,1H3. The summed E-state index contributed by atoms with van der Waals surface area (Å²) < 4.78 is 39.4. The molecule has 2 nitrogen and oxygen atoms in total. The Hall–Kier alpha value is -1.10. The number of nitrogens with zero attached hydrogens (tertiary/aromatic N) is 1. The molecule has 0 bridgehead atoms. The lowest BCUT2D eigenvalue weighted by Gasteiger charge is -2.33. The average molecular weight is 258 g/mol. The van der Waals surface area contributed by atoms with Crippen molar-refractivity contribution in [2.24, 2.45) is 5.92 Å². The predicted molar refractivity (Wildman–Crippen MR) is 62.9 cm³/mol. The van der Waals surface area contributed by atoms with Crippen molar-refractivity contribution in [3.8, 4) is 0 Å². The Kier molecular flexibility index (Phi) is 3.90. The Morgan fingerprint density at radius 3 is 2.56 bits per heavy atom. The van der Waals surface area contributed by atoms with Crippen molar-refractivity contribution in [1.82, 2.24) is 10.3 Å². The van der Waals surface area contributed by atoms with Gasteiger partial charge in [0.1, 0.15) is 5.82 Å². The quantitative estimate of drug-likeness (QED) is 0.899. The summed E-state index contributed by atoms with van der Waals surface area (Å²) in [5.74, 6) is -2.82. The number of aromatic nitrogens is 1. The highest BCUT2D eigenvalue weighted by atomic mass is 19.3. The Bertz CT molecular complexity index is 399. The number of halogens is 3. The van der Waals surface area contributed by atoms with Crippen LogP contribution in [-0.2, 0) is 0 Å². The van der Waals surface area contributed by atoms with E-state index in [-0.39, 0.29) is 24.8 Å². The third-order valence-electron chi connectivity index (χ3n) is 3.63. The molecule has 0 saturated heterocycles. The molecule has 1 aromatic rings. The van der Waals surface area contributed by atoms with Crippen LogP contribution < -0.4 is 5.32 Å². The lowest BCUT2D eigenvalue weighted by molar-refractivity contribution is -0.0495. The summed E-state index contributed by atoms with van der Waals surface area (Å²) in [4.78, 5) is 3.81. The van der Waals surface area contributed by atoms with E-state index in [1.165, 1.54) is 6.07 Å². The van der Waals surface area contributed by atoms with Crippen LogP contribution in [0.3, 0.4) is 0 Å². The Balaban J connectivity index is 2.10. The van der Waals surface area contributed by atoms with Crippen molar-refractivity contribution in [2.75, 3.05) is 7.05 Å². The SMILES string of the molecule is CNC(c1cncc(F)c1)C1CCC(F)(F)CC1. The number of nitrogens with one attached hydrogen (secondary N) is 1. The van der Waals surface area contributed by atoms with Gasteiger partial charge in [-0.15, -0.1) is 0 Å². The maximum absolute atomic E-state index is 13.1. The van der Waals surface area contributed by atoms with E-state index in [2.05, 4.69) is 10.3 Å². The van der Waals surface area contributed by atoms with E-state index in [0.717, 1.165) is 11.8 Å². The summed E-state index contributed by atoms with van der Waals surface area (Å²) >= 11 is 0. The van der Waals surface area contributed by atoms with Crippen LogP contribution in [-0.4, -0.2) is 18.0 Å². The highest BCUT2D eigenvalue weighted by molar-refractivity contribution is 5.16. The van der Waals surface area contributed by atoms with Gasteiger partial charge < -0.3 is 5.32 Å². The first-order valence-corrected chi connectivity index (χ1v) is 6.17. The highest BCUT2D eigenvalue weighted by Gasteiger charge is 2.37. The third kappa shape index (κ3) is 3.02. The van der Waals surface area contributed by atoms with E-state index in [1.54, 1.807) is 13.2 Å². The molecule has 0 aliphatic heterocycles. The van der Waals surface area contributed by atoms with E-state index in [0.29, 0.717) is 12.8 Å². The van der Waals surface area contributed by atoms with Gasteiger partial charge in [0.2, 0.25) is 5.92 Å². The molecule has 100 valence electrons. The van der Waals surface area contributed by atoms with Gasteiger partial charge in [-0.05, 0) is 37.4 Å². The largest absolute Gasteiger partial charge is 0.313 e. The molecular weight excluding hydrogens is 241 g/mol. The topological polar surface area (TPSA) is 24.9 Å². The van der Waals surface area contributed by atoms with Crippen LogP contribution in [0.15, 0.2) is 18.5 Å². The van der Waals surface area contributed by atoms with Gasteiger partial charge in [0.05, 0.1) is 6.20 Å². The van der Waals surface area contributed by atoms with Gasteiger partial charge in [0.15, 0.2) is 0 Å². The summed E-state index contributed by atoms with van der Waals surface area (Å²) in [5.41, 5.74) is 0.729. The molecule has 1 unspecified atom stereocenters. The van der Waals surface area contributed by atoms with E-state index in [9.17, 15) is 13.2 Å². The van der Waals surface area contributed by atoms with Gasteiger partial charge in [0, 0.05) is 25.1 Å². The maximum Gasteiger partial charge on any atom is 0.248 e. The van der Waals surface area contributed by atoms with E-state index >= 15 is 0 Å². The van der Waals surface area contributed by atoms with Gasteiger partial charge in [-0.2, -0.15) is 0 Å². The minimum absolute atomic E-state index is 0.0847. The summed E-state index contributed by atoms with van der Waals surface area (Å²) in [5, 5.41) is 3.09. The molecule has 5 heteroatoms. The van der Waals surface area contributed by atoms with Gasteiger partial charge in [-0.25, -0.2) is 13.2 Å². The van der Waals surface area contributed by atoms with Crippen LogP contribution in [0.1, 0.15) is 37.3 Å². The monoisotopic (exact) mass is 258 g/mol. The molecule has 2 rings (SSSR count). The molecule has 1 heterocycles. The van der Waals surface area contributed by atoms with Crippen LogP contribution in [0.2, 0.25) is 0 Å². The van der Waals surface area contributed by atoms with Crippen molar-refractivity contribution < 1.29 is 13.2 Å². The Morgan fingerprint density at radius 2 is 2.00 bits per heavy atom. The highest BCUT2D eigenvalue weighted by Crippen LogP contribution is 2.41. The summed E-state index contributed by atoms with van der Waals surface area (Å²) in [7, 11) is 1.77. The summed E-state index contributed by atoms with van der Waals surface area (Å²) in [6.07, 6.45) is 3.48. The molecule has 0 spiro atoms. The van der Waals surface area contributed by atoms with Crippen LogP contribution in [0.25, 0.3) is 0 Å². The molecule has 1 saturated carbocycles. The molecule has 1 fully saturated rings. The minimum Gasteiger partial charge on any atom is -0.313 e. The third-order valence-corrected chi connectivity index (χ3v) is 3.63. The first-order valence-electron chi connectivity index (χ1n) is 6.17. The fourth-order valence-corrected chi connectivity index (χ4v) is 2.67. The maximum atomic E-state index is 13.1. The second kappa shape index (κ2) is 5.26. The van der Waals surface area contributed by atoms with Crippen LogP contribution in [0, 0.1) is 11.7 Å². The van der Waals surface area contributed by atoms with Crippen LogP contribution >= 0.6 is 0 Å². The molecule has 1 atom stereocenters. The summed E-state index contributed by atoms with van der Waals surface area (Å²) in [6, 6.07) is 1.31. The Morgan fingerprint density at radius 1 is 1.33 bits per heavy atom. The predicted octanol–water partition coefficient (Wildman–Crippen LogP) is 3.31. The number of rotatable bonds is 3. The lowest BCUT2D eigenvalue weighted by Crippen LogP contribution is -2.32. The number of alkyl halides is 2. The lowest BCUT2D eigenvalue weighted by atomic mass is 9.80. The van der Waals surface area contributed by atoms with E-state index in [1.807, 2.05) is 0 Å². The second-order valence-corrected chi connectivity index (χ2v) is 4.90. The van der Waals surface area contributed by atoms with Crippen molar-refractivity contribution >= 4 is 0 Å². The first-order chi connectivity index (χ1) is 8.52. The smallest absolute Gasteiger partial charge is 0.248 e. The molecule has 1 N–H and O–H groups in total. The zero-order valence-corrected chi connectivity index (χ0v) is 10.3. The Labute approximate surface area is 105 Å². The summed E-state index contributed by atoms with van der Waals surface area (Å²) in [6.45, 7) is 0.